The summed E-state index contributed by atoms with van der Waals surface area (Å²) in [6.07, 6.45) is 2.56. The van der Waals surface area contributed by atoms with E-state index in [0.29, 0.717) is 62.3 Å². The molecule has 0 aliphatic rings. The first-order chi connectivity index (χ1) is 16.0. The van der Waals surface area contributed by atoms with Crippen LogP contribution in [0.3, 0.4) is 0 Å². The van der Waals surface area contributed by atoms with Gasteiger partial charge in [-0.05, 0) is 90.1 Å². The lowest BCUT2D eigenvalue weighted by Gasteiger charge is -2.26. The van der Waals surface area contributed by atoms with Crippen LogP contribution in [-0.4, -0.2) is 30.0 Å². The highest BCUT2D eigenvalue weighted by molar-refractivity contribution is 7.66. The topological polar surface area (TPSA) is 0 Å². The minimum Gasteiger partial charge on any atom is -0.126 e. The first-order valence-corrected chi connectivity index (χ1v) is 36.7. The van der Waals surface area contributed by atoms with E-state index in [4.69, 9.17) is 166 Å². The first kappa shape index (κ1) is 38.7. The molecule has 1 rings (SSSR count). The smallest absolute Gasteiger partial charge is 0.126 e. The molecule has 0 saturated heterocycles. The Morgan fingerprint density at radius 2 is 0.556 bits per heavy atom. The highest BCUT2D eigenvalue weighted by Crippen LogP contribution is 2.39. The van der Waals surface area contributed by atoms with Crippen molar-refractivity contribution in [2.75, 3.05) is 0 Å². The predicted molar refractivity (Wildman–Crippen MR) is 186 cm³/mol. The largest absolute Gasteiger partial charge is 0.341 e. The molecule has 0 spiro atoms. The maximum absolute atomic E-state index is 6.27. The van der Waals surface area contributed by atoms with Crippen LogP contribution in [0.15, 0.2) is 6.07 Å². The molecule has 0 saturated carbocycles. The molecule has 0 unspecified atom stereocenters. The number of hydrogen-bond acceptors (Lipinski definition) is 0. The Kier molecular flexibility index (Phi) is 17.3. The summed E-state index contributed by atoms with van der Waals surface area (Å²) in [7, 11) is 0. The average molecular weight is 886 g/mol. The molecular formula is C16H21Cl15Si5. The van der Waals surface area contributed by atoms with Gasteiger partial charge in [0.2, 0.25) is 0 Å². The number of halogens is 15. The molecule has 1 aromatic rings. The summed E-state index contributed by atoms with van der Waals surface area (Å²) in [5.74, 6) is 0. The molecule has 0 heterocycles. The van der Waals surface area contributed by atoms with Gasteiger partial charge in [0.05, 0.1) is 0 Å². The Bertz CT molecular complexity index is 794. The van der Waals surface area contributed by atoms with Crippen LogP contribution in [0.25, 0.3) is 0 Å². The third kappa shape index (κ3) is 18.3. The van der Waals surface area contributed by atoms with E-state index in [9.17, 15) is 0 Å². The van der Waals surface area contributed by atoms with Gasteiger partial charge >= 0.3 is 30.0 Å². The van der Waals surface area contributed by atoms with Crippen LogP contribution in [-0.2, 0) is 32.1 Å². The third-order valence-electron chi connectivity index (χ3n) is 5.18. The standard InChI is InChI=1S/C16H21Cl15Si5/c17-32(18,19)6-1-12-11-13(2-7-33(20,21)22)15(4-9-35(26,27)28)16(5-10-36(29,30)31)14(12)3-8-34(23,24)25/h11H,1-10H2. The number of benzene rings is 1. The van der Waals surface area contributed by atoms with Crippen LogP contribution in [0, 0.1) is 0 Å². The van der Waals surface area contributed by atoms with Gasteiger partial charge < -0.3 is 0 Å². The molecule has 0 fully saturated rings. The monoisotopic (exact) mass is 878 g/mol. The van der Waals surface area contributed by atoms with Crippen molar-refractivity contribution in [1.29, 1.82) is 0 Å². The van der Waals surface area contributed by atoms with Crippen LogP contribution in [0.5, 0.6) is 0 Å². The molecule has 0 amide bonds. The summed E-state index contributed by atoms with van der Waals surface area (Å²) < 4.78 is 0. The van der Waals surface area contributed by atoms with E-state index in [2.05, 4.69) is 6.07 Å². The molecule has 1 aromatic carbocycles. The molecule has 0 bridgehead atoms. The van der Waals surface area contributed by atoms with Crippen LogP contribution in [0.2, 0.25) is 30.2 Å². The zero-order valence-electron chi connectivity index (χ0n) is 18.3. The Morgan fingerprint density at radius 3 is 0.806 bits per heavy atom. The fourth-order valence-electron chi connectivity index (χ4n) is 3.68. The molecule has 36 heavy (non-hydrogen) atoms. The molecule has 0 nitrogen and oxygen atoms in total. The van der Waals surface area contributed by atoms with E-state index in [0.717, 1.165) is 27.8 Å². The average Bonchev–Trinajstić information content (AvgIpc) is 2.63. The zero-order valence-corrected chi connectivity index (χ0v) is 34.7. The van der Waals surface area contributed by atoms with Crippen LogP contribution in [0.1, 0.15) is 27.8 Å². The summed E-state index contributed by atoms with van der Waals surface area (Å²) >= 11 is 93.6. The quantitative estimate of drug-likeness (QED) is 0.122. The Hall–Kier alpha value is 4.65. The Balaban J connectivity index is 3.79. The lowest BCUT2D eigenvalue weighted by atomic mass is 9.86. The van der Waals surface area contributed by atoms with E-state index in [1.807, 2.05) is 0 Å². The number of hydrogen-bond donors (Lipinski definition) is 0. The third-order valence-corrected chi connectivity index (χ3v) is 17.8. The van der Waals surface area contributed by atoms with Gasteiger partial charge in [0.1, 0.15) is 0 Å². The normalized spacial score (nSPS) is 14.0. The van der Waals surface area contributed by atoms with Crippen LogP contribution >= 0.6 is 166 Å². The summed E-state index contributed by atoms with van der Waals surface area (Å²) in [5.41, 5.74) is 4.94. The van der Waals surface area contributed by atoms with Gasteiger partial charge in [-0.3, -0.25) is 0 Å². The second kappa shape index (κ2) is 16.1. The zero-order chi connectivity index (χ0) is 28.2. The van der Waals surface area contributed by atoms with Crippen molar-refractivity contribution in [2.24, 2.45) is 0 Å². The van der Waals surface area contributed by atoms with E-state index < -0.39 is 30.0 Å². The Labute approximate surface area is 288 Å². The van der Waals surface area contributed by atoms with Crippen molar-refractivity contribution in [3.05, 3.63) is 33.9 Å². The number of rotatable bonds is 15. The van der Waals surface area contributed by atoms with E-state index in [1.54, 1.807) is 0 Å². The van der Waals surface area contributed by atoms with Gasteiger partial charge in [-0.1, -0.05) is 6.07 Å². The van der Waals surface area contributed by atoms with E-state index in [-0.39, 0.29) is 0 Å². The molecule has 20 heteroatoms. The van der Waals surface area contributed by atoms with Gasteiger partial charge in [-0.15, -0.1) is 166 Å². The van der Waals surface area contributed by atoms with Crippen molar-refractivity contribution in [3.63, 3.8) is 0 Å². The Morgan fingerprint density at radius 1 is 0.333 bits per heavy atom. The highest BCUT2D eigenvalue weighted by atomic mass is 35.9. The minimum absolute atomic E-state index is 0.384. The number of aryl methyl sites for hydroxylation is 2. The minimum atomic E-state index is -2.97. The van der Waals surface area contributed by atoms with Crippen molar-refractivity contribution in [1.82, 2.24) is 0 Å². The fraction of sp³-hybridized carbons (Fsp3) is 0.625. The van der Waals surface area contributed by atoms with E-state index in [1.165, 1.54) is 0 Å². The second-order valence-corrected chi connectivity index (χ2v) is 54.6. The van der Waals surface area contributed by atoms with Gasteiger partial charge in [0.25, 0.3) is 0 Å². The maximum Gasteiger partial charge on any atom is 0.341 e. The maximum atomic E-state index is 6.27. The van der Waals surface area contributed by atoms with Gasteiger partial charge in [0.15, 0.2) is 0 Å². The molecule has 0 aromatic heterocycles. The predicted octanol–water partition coefficient (Wildman–Crippen LogP) is 12.7. The lowest BCUT2D eigenvalue weighted by molar-refractivity contribution is 0.906. The first-order valence-electron chi connectivity index (χ1n) is 10.4. The summed E-state index contributed by atoms with van der Waals surface area (Å²) in [6.45, 7) is 0. The van der Waals surface area contributed by atoms with E-state index >= 15 is 0 Å². The molecular weight excluding hydrogens is 864 g/mol. The highest BCUT2D eigenvalue weighted by Gasteiger charge is 2.33. The molecule has 0 radical (unpaired) electrons. The molecule has 0 N–H and O–H groups in total. The summed E-state index contributed by atoms with van der Waals surface area (Å²) in [4.78, 5) is 0. The SMILES string of the molecule is Cl[Si](Cl)(Cl)CCc1cc(CC[Si](Cl)(Cl)Cl)c(CC[Si](Cl)(Cl)Cl)c(CC[Si](Cl)(Cl)Cl)c1CC[Si](Cl)(Cl)Cl. The van der Waals surface area contributed by atoms with Gasteiger partial charge in [0, 0.05) is 0 Å². The molecule has 0 aliphatic heterocycles. The van der Waals surface area contributed by atoms with Crippen molar-refractivity contribution >= 4 is 196 Å². The fourth-order valence-corrected chi connectivity index (χ4v) is 10.6. The molecule has 210 valence electrons. The molecule has 0 atom stereocenters. The van der Waals surface area contributed by atoms with Gasteiger partial charge in [-0.2, -0.15) is 0 Å². The lowest BCUT2D eigenvalue weighted by Crippen LogP contribution is -2.20. The van der Waals surface area contributed by atoms with Gasteiger partial charge in [-0.25, -0.2) is 0 Å². The van der Waals surface area contributed by atoms with Crippen LogP contribution in [0.4, 0.5) is 0 Å². The van der Waals surface area contributed by atoms with Crippen LogP contribution < -0.4 is 0 Å². The van der Waals surface area contributed by atoms with Crippen molar-refractivity contribution < 1.29 is 0 Å². The second-order valence-electron chi connectivity index (χ2n) is 8.21. The van der Waals surface area contributed by atoms with Crippen molar-refractivity contribution in [3.8, 4) is 0 Å². The summed E-state index contributed by atoms with van der Waals surface area (Å²) in [5, 5.41) is 0. The summed E-state index contributed by atoms with van der Waals surface area (Å²) in [6, 6.07) is -10.7. The van der Waals surface area contributed by atoms with Crippen molar-refractivity contribution in [2.45, 2.75) is 62.3 Å². The molecule has 0 aliphatic carbocycles.